The average Bonchev–Trinajstić information content (AvgIpc) is 3.82. The highest BCUT2D eigenvalue weighted by molar-refractivity contribution is 8.76. The largest absolute Gasteiger partial charge is 0.372 e. The molecule has 44 heavy (non-hydrogen) atoms. The predicted molar refractivity (Wildman–Crippen MR) is 190 cm³/mol. The lowest BCUT2D eigenvalue weighted by Gasteiger charge is -2.17. The first-order chi connectivity index (χ1) is 21.8. The van der Waals surface area contributed by atoms with E-state index in [0.717, 1.165) is 37.4 Å². The van der Waals surface area contributed by atoms with Crippen molar-refractivity contribution in [2.45, 2.75) is 51.6 Å². The number of aryl methyl sites for hydroxylation is 4. The quantitative estimate of drug-likeness (QED) is 0.0821. The molecule has 2 aliphatic rings. The van der Waals surface area contributed by atoms with Crippen molar-refractivity contribution in [1.82, 2.24) is 0 Å². The molecule has 6 rings (SSSR count). The molecule has 2 fully saturated rings. The number of aromatic nitrogens is 2. The van der Waals surface area contributed by atoms with E-state index in [4.69, 9.17) is 0 Å². The van der Waals surface area contributed by atoms with E-state index in [0.29, 0.717) is 0 Å². The van der Waals surface area contributed by atoms with Gasteiger partial charge in [0.2, 0.25) is 0 Å². The Morgan fingerprint density at radius 2 is 0.909 bits per heavy atom. The Balaban J connectivity index is 0.841. The molecule has 6 heteroatoms. The van der Waals surface area contributed by atoms with E-state index in [1.165, 1.54) is 85.5 Å². The summed E-state index contributed by atoms with van der Waals surface area (Å²) in [4.78, 5) is 4.98. The highest BCUT2D eigenvalue weighted by Crippen LogP contribution is 2.23. The Bertz CT molecular complexity index is 1440. The van der Waals surface area contributed by atoms with Gasteiger partial charge in [0, 0.05) is 61.8 Å². The van der Waals surface area contributed by atoms with Crippen molar-refractivity contribution in [2.75, 3.05) is 47.5 Å². The van der Waals surface area contributed by atoms with Crippen LogP contribution in [0.1, 0.15) is 47.9 Å². The first kappa shape index (κ1) is 30.8. The van der Waals surface area contributed by atoms with Gasteiger partial charge in [0.15, 0.2) is 37.9 Å². The Labute approximate surface area is 272 Å². The van der Waals surface area contributed by atoms with Gasteiger partial charge in [-0.05, 0) is 85.0 Å². The molecule has 2 aromatic heterocycles. The van der Waals surface area contributed by atoms with Crippen molar-refractivity contribution in [3.63, 3.8) is 0 Å². The monoisotopic (exact) mass is 622 g/mol. The van der Waals surface area contributed by atoms with Crippen molar-refractivity contribution < 1.29 is 9.13 Å². The third kappa shape index (κ3) is 9.15. The number of pyridine rings is 2. The minimum Gasteiger partial charge on any atom is -0.372 e. The molecule has 2 saturated heterocycles. The van der Waals surface area contributed by atoms with Gasteiger partial charge in [-0.15, -0.1) is 0 Å². The first-order valence-electron chi connectivity index (χ1n) is 16.4. The Kier molecular flexibility index (Phi) is 11.3. The molecule has 0 aliphatic carbocycles. The molecule has 2 aliphatic heterocycles. The molecular formula is C38H46N4S2+2. The van der Waals surface area contributed by atoms with E-state index in [9.17, 15) is 0 Å². The zero-order valence-electron chi connectivity index (χ0n) is 25.9. The van der Waals surface area contributed by atoms with Crippen LogP contribution < -0.4 is 18.9 Å². The summed E-state index contributed by atoms with van der Waals surface area (Å²) in [5.41, 5.74) is 8.07. The second-order valence-corrected chi connectivity index (χ2v) is 14.6. The molecule has 0 saturated carbocycles. The molecule has 0 atom stereocenters. The van der Waals surface area contributed by atoms with Crippen molar-refractivity contribution >= 4 is 45.1 Å². The Morgan fingerprint density at radius 1 is 0.500 bits per heavy atom. The van der Waals surface area contributed by atoms with Crippen LogP contribution in [0.5, 0.6) is 0 Å². The van der Waals surface area contributed by atoms with Gasteiger partial charge in [-0.1, -0.05) is 58.0 Å². The standard InChI is InChI=1S/C38H46N4S2/c1-2-22-41(21-1)37-13-9-33(10-14-37)5-7-35-17-25-39(26-18-35)29-31-43-44-32-30-40-27-19-36(20-28-40)8-6-34-11-15-38(16-12-34)42-23-3-4-24-42/h5,7,9-20,25-28H,1-4,6,8,21-24,29-32H2/q+2. The van der Waals surface area contributed by atoms with Crippen LogP contribution in [-0.4, -0.2) is 37.7 Å². The second kappa shape index (κ2) is 16.2. The number of anilines is 2. The van der Waals surface area contributed by atoms with Gasteiger partial charge in [0.05, 0.1) is 11.5 Å². The van der Waals surface area contributed by atoms with Crippen LogP contribution in [0.25, 0.3) is 12.2 Å². The molecule has 2 aromatic carbocycles. The van der Waals surface area contributed by atoms with Crippen LogP contribution in [0.3, 0.4) is 0 Å². The van der Waals surface area contributed by atoms with E-state index < -0.39 is 0 Å². The van der Waals surface area contributed by atoms with Gasteiger partial charge in [0.25, 0.3) is 0 Å². The number of hydrogen-bond donors (Lipinski definition) is 0. The minimum absolute atomic E-state index is 1.03. The Hall–Kier alpha value is -3.22. The molecule has 0 bridgehead atoms. The van der Waals surface area contributed by atoms with E-state index >= 15 is 0 Å². The van der Waals surface area contributed by atoms with Gasteiger partial charge in [-0.2, -0.15) is 0 Å². The molecular weight excluding hydrogens is 577 g/mol. The fourth-order valence-electron chi connectivity index (χ4n) is 6.04. The number of nitrogens with zero attached hydrogens (tertiary/aromatic N) is 4. The van der Waals surface area contributed by atoms with Gasteiger partial charge in [0.1, 0.15) is 0 Å². The first-order valence-corrected chi connectivity index (χ1v) is 18.9. The maximum absolute atomic E-state index is 2.50. The molecule has 0 amide bonds. The highest BCUT2D eigenvalue weighted by Gasteiger charge is 2.13. The van der Waals surface area contributed by atoms with E-state index in [1.807, 2.05) is 21.6 Å². The van der Waals surface area contributed by atoms with Crippen molar-refractivity contribution in [3.8, 4) is 0 Å². The lowest BCUT2D eigenvalue weighted by molar-refractivity contribution is -0.692. The molecule has 228 valence electrons. The third-order valence-corrected chi connectivity index (χ3v) is 11.1. The second-order valence-electron chi connectivity index (χ2n) is 11.9. The molecule has 4 nitrogen and oxygen atoms in total. The lowest BCUT2D eigenvalue weighted by Crippen LogP contribution is -2.34. The molecule has 0 radical (unpaired) electrons. The molecule has 0 spiro atoms. The predicted octanol–water partition coefficient (Wildman–Crippen LogP) is 7.50. The van der Waals surface area contributed by atoms with Crippen LogP contribution in [0.15, 0.2) is 97.6 Å². The highest BCUT2D eigenvalue weighted by atomic mass is 33.1. The fraction of sp³-hybridized carbons (Fsp3) is 0.368. The summed E-state index contributed by atoms with van der Waals surface area (Å²) in [5.74, 6) is 2.22. The van der Waals surface area contributed by atoms with Crippen LogP contribution in [0.2, 0.25) is 0 Å². The summed E-state index contributed by atoms with van der Waals surface area (Å²) in [7, 11) is 3.94. The number of benzene rings is 2. The summed E-state index contributed by atoms with van der Waals surface area (Å²) in [6, 6.07) is 27.2. The summed E-state index contributed by atoms with van der Waals surface area (Å²) in [5, 5.41) is 0. The van der Waals surface area contributed by atoms with E-state index in [2.05, 4.69) is 129 Å². The summed E-state index contributed by atoms with van der Waals surface area (Å²) >= 11 is 0. The molecule has 0 unspecified atom stereocenters. The van der Waals surface area contributed by atoms with E-state index in [-0.39, 0.29) is 0 Å². The zero-order chi connectivity index (χ0) is 29.8. The van der Waals surface area contributed by atoms with E-state index in [1.54, 1.807) is 0 Å². The van der Waals surface area contributed by atoms with Crippen LogP contribution in [-0.2, 0) is 25.9 Å². The smallest absolute Gasteiger partial charge is 0.169 e. The SMILES string of the molecule is C(=C\c1cc[n+](CCSSCC[n+]2ccc(CCc3ccc(N4CCCC4)cc3)cc2)cc1)/c1ccc(N2CCCC2)cc1. The molecule has 0 N–H and O–H groups in total. The average molecular weight is 623 g/mol. The summed E-state index contributed by atoms with van der Waals surface area (Å²) in [6.07, 6.45) is 20.8. The number of rotatable bonds is 14. The van der Waals surface area contributed by atoms with Gasteiger partial charge in [-0.3, -0.25) is 0 Å². The maximum atomic E-state index is 2.50. The maximum Gasteiger partial charge on any atom is 0.169 e. The lowest BCUT2D eigenvalue weighted by atomic mass is 10.0. The minimum atomic E-state index is 1.03. The van der Waals surface area contributed by atoms with Crippen LogP contribution >= 0.6 is 21.6 Å². The topological polar surface area (TPSA) is 14.2 Å². The van der Waals surface area contributed by atoms with Gasteiger partial charge < -0.3 is 9.80 Å². The van der Waals surface area contributed by atoms with Crippen LogP contribution in [0.4, 0.5) is 11.4 Å². The van der Waals surface area contributed by atoms with Crippen molar-refractivity contribution in [1.29, 1.82) is 0 Å². The van der Waals surface area contributed by atoms with Crippen LogP contribution in [0, 0.1) is 0 Å². The normalized spacial score (nSPS) is 15.1. The van der Waals surface area contributed by atoms with Gasteiger partial charge >= 0.3 is 0 Å². The fourth-order valence-corrected chi connectivity index (χ4v) is 8.00. The number of hydrogen-bond acceptors (Lipinski definition) is 4. The Morgan fingerprint density at radius 3 is 1.41 bits per heavy atom. The summed E-state index contributed by atoms with van der Waals surface area (Å²) in [6.45, 7) is 6.89. The summed E-state index contributed by atoms with van der Waals surface area (Å²) < 4.78 is 4.59. The van der Waals surface area contributed by atoms with Gasteiger partial charge in [-0.25, -0.2) is 9.13 Å². The molecule has 4 aromatic rings. The molecule has 4 heterocycles. The van der Waals surface area contributed by atoms with Crippen molar-refractivity contribution in [3.05, 3.63) is 120 Å². The third-order valence-electron chi connectivity index (χ3n) is 8.77. The zero-order valence-corrected chi connectivity index (χ0v) is 27.5. The van der Waals surface area contributed by atoms with Crippen molar-refractivity contribution in [2.24, 2.45) is 0 Å².